The number of rotatable bonds is 5. The number of hydrogen-bond donors (Lipinski definition) is 1. The summed E-state index contributed by atoms with van der Waals surface area (Å²) in [5.41, 5.74) is 1.36. The van der Waals surface area contributed by atoms with E-state index >= 15 is 0 Å². The molecule has 1 aromatic heterocycles. The van der Waals surface area contributed by atoms with E-state index in [1.54, 1.807) is 7.11 Å². The molecule has 2 heterocycles. The lowest BCUT2D eigenvalue weighted by Gasteiger charge is -2.30. The lowest BCUT2D eigenvalue weighted by molar-refractivity contribution is 0.244. The lowest BCUT2D eigenvalue weighted by Crippen LogP contribution is -2.32. The molecule has 3 nitrogen and oxygen atoms in total. The molecule has 0 bridgehead atoms. The van der Waals surface area contributed by atoms with E-state index < -0.39 is 0 Å². The molecule has 0 saturated carbocycles. The molecule has 1 saturated heterocycles. The van der Waals surface area contributed by atoms with Crippen molar-refractivity contribution in [3.8, 4) is 5.75 Å². The fourth-order valence-electron chi connectivity index (χ4n) is 3.20. The van der Waals surface area contributed by atoms with Crippen LogP contribution in [0.4, 0.5) is 0 Å². The molecule has 1 aromatic carbocycles. The first-order valence-electron chi connectivity index (χ1n) is 8.49. The number of nitrogens with one attached hydrogen (secondary N) is 1. The van der Waals surface area contributed by atoms with Gasteiger partial charge in [-0.1, -0.05) is 19.1 Å². The molecule has 0 spiro atoms. The van der Waals surface area contributed by atoms with Gasteiger partial charge in [0.1, 0.15) is 5.75 Å². The molecule has 124 valence electrons. The molecule has 1 aliphatic heterocycles. The number of methoxy groups -OCH3 is 1. The van der Waals surface area contributed by atoms with Gasteiger partial charge in [-0.25, -0.2) is 0 Å². The molecule has 0 aliphatic carbocycles. The van der Waals surface area contributed by atoms with E-state index in [1.807, 2.05) is 11.3 Å². The first-order chi connectivity index (χ1) is 11.3. The Kier molecular flexibility index (Phi) is 5.70. The molecule has 1 atom stereocenters. The van der Waals surface area contributed by atoms with Crippen LogP contribution < -0.4 is 10.1 Å². The van der Waals surface area contributed by atoms with E-state index in [0.717, 1.165) is 38.3 Å². The molecule has 1 unspecified atom stereocenters. The largest absolute Gasteiger partial charge is 0.497 e. The van der Waals surface area contributed by atoms with Crippen molar-refractivity contribution in [2.75, 3.05) is 33.3 Å². The highest BCUT2D eigenvalue weighted by molar-refractivity contribution is 7.12. The number of aryl methyl sites for hydroxylation is 1. The van der Waals surface area contributed by atoms with Crippen molar-refractivity contribution in [1.29, 1.82) is 0 Å². The van der Waals surface area contributed by atoms with Crippen molar-refractivity contribution in [2.45, 2.75) is 25.8 Å². The van der Waals surface area contributed by atoms with Gasteiger partial charge in [-0.3, -0.25) is 4.90 Å². The summed E-state index contributed by atoms with van der Waals surface area (Å²) >= 11 is 1.95. The third-order valence-electron chi connectivity index (χ3n) is 4.47. The summed E-state index contributed by atoms with van der Waals surface area (Å²) in [6, 6.07) is 13.5. The highest BCUT2D eigenvalue weighted by Crippen LogP contribution is 2.34. The van der Waals surface area contributed by atoms with Crippen LogP contribution in [0.1, 0.15) is 34.7 Å². The molecule has 4 heteroatoms. The molecular formula is C19H26N2OS. The van der Waals surface area contributed by atoms with E-state index in [0.29, 0.717) is 6.04 Å². The number of thiophene rings is 1. The maximum Gasteiger partial charge on any atom is 0.118 e. The summed E-state index contributed by atoms with van der Waals surface area (Å²) < 4.78 is 5.32. The second kappa shape index (κ2) is 7.95. The minimum Gasteiger partial charge on any atom is -0.497 e. The normalized spacial score (nSPS) is 17.7. The molecule has 1 aliphatic rings. The van der Waals surface area contributed by atoms with Crippen LogP contribution in [0.2, 0.25) is 0 Å². The SMILES string of the molecule is CCc1ccc(C(c2ccc(OC)cc2)N2CCCNCC2)s1. The Bertz CT molecular complexity index is 600. The molecule has 1 fully saturated rings. The smallest absolute Gasteiger partial charge is 0.118 e. The average molecular weight is 330 g/mol. The standard InChI is InChI=1S/C19H26N2OS/c1-3-17-9-10-18(23-17)19(21-13-4-11-20-12-14-21)15-5-7-16(22-2)8-6-15/h5-10,19-20H,3-4,11-14H2,1-2H3. The first-order valence-corrected chi connectivity index (χ1v) is 9.30. The summed E-state index contributed by atoms with van der Waals surface area (Å²) in [6.45, 7) is 6.65. The number of ether oxygens (including phenoxy) is 1. The highest BCUT2D eigenvalue weighted by atomic mass is 32.1. The van der Waals surface area contributed by atoms with Crippen LogP contribution in [0.15, 0.2) is 36.4 Å². The van der Waals surface area contributed by atoms with Crippen LogP contribution in [0.3, 0.4) is 0 Å². The molecule has 0 amide bonds. The fourth-order valence-corrected chi connectivity index (χ4v) is 4.31. The Hall–Kier alpha value is -1.36. The Morgan fingerprint density at radius 3 is 2.65 bits per heavy atom. The van der Waals surface area contributed by atoms with Gasteiger partial charge in [-0.05, 0) is 49.2 Å². The summed E-state index contributed by atoms with van der Waals surface area (Å²) in [4.78, 5) is 5.54. The van der Waals surface area contributed by atoms with Crippen LogP contribution in [0.5, 0.6) is 5.75 Å². The number of hydrogen-bond acceptors (Lipinski definition) is 4. The van der Waals surface area contributed by atoms with Gasteiger partial charge in [-0.15, -0.1) is 11.3 Å². The monoisotopic (exact) mass is 330 g/mol. The lowest BCUT2D eigenvalue weighted by atomic mass is 10.0. The number of benzene rings is 1. The quantitative estimate of drug-likeness (QED) is 0.904. The van der Waals surface area contributed by atoms with E-state index in [-0.39, 0.29) is 0 Å². The Labute approximate surface area is 143 Å². The average Bonchev–Trinajstić information content (AvgIpc) is 2.91. The van der Waals surface area contributed by atoms with Crippen molar-refractivity contribution >= 4 is 11.3 Å². The first kappa shape index (κ1) is 16.5. The zero-order chi connectivity index (χ0) is 16.1. The second-order valence-electron chi connectivity index (χ2n) is 5.97. The van der Waals surface area contributed by atoms with Crippen LogP contribution in [0, 0.1) is 0 Å². The van der Waals surface area contributed by atoms with E-state index in [1.165, 1.54) is 21.7 Å². The van der Waals surface area contributed by atoms with E-state index in [2.05, 4.69) is 53.5 Å². The van der Waals surface area contributed by atoms with E-state index in [4.69, 9.17) is 4.74 Å². The zero-order valence-electron chi connectivity index (χ0n) is 14.0. The summed E-state index contributed by atoms with van der Waals surface area (Å²) in [7, 11) is 1.72. The van der Waals surface area contributed by atoms with Gasteiger partial charge in [0.05, 0.1) is 13.2 Å². The predicted molar refractivity (Wildman–Crippen MR) is 97.6 cm³/mol. The molecule has 23 heavy (non-hydrogen) atoms. The van der Waals surface area contributed by atoms with Gasteiger partial charge >= 0.3 is 0 Å². The molecule has 1 N–H and O–H groups in total. The Balaban J connectivity index is 1.93. The molecular weight excluding hydrogens is 304 g/mol. The summed E-state index contributed by atoms with van der Waals surface area (Å²) in [5, 5.41) is 3.51. The van der Waals surface area contributed by atoms with Crippen molar-refractivity contribution in [3.05, 3.63) is 51.7 Å². The van der Waals surface area contributed by atoms with E-state index in [9.17, 15) is 0 Å². The minimum absolute atomic E-state index is 0.353. The third-order valence-corrected chi connectivity index (χ3v) is 5.75. The van der Waals surface area contributed by atoms with Gasteiger partial charge in [0.2, 0.25) is 0 Å². The van der Waals surface area contributed by atoms with Crippen LogP contribution in [0.25, 0.3) is 0 Å². The van der Waals surface area contributed by atoms with Gasteiger partial charge in [-0.2, -0.15) is 0 Å². The van der Waals surface area contributed by atoms with Gasteiger partial charge in [0, 0.05) is 29.4 Å². The van der Waals surface area contributed by atoms with Gasteiger partial charge in [0.25, 0.3) is 0 Å². The Morgan fingerprint density at radius 2 is 1.96 bits per heavy atom. The van der Waals surface area contributed by atoms with Crippen molar-refractivity contribution in [2.24, 2.45) is 0 Å². The Morgan fingerprint density at radius 1 is 1.13 bits per heavy atom. The molecule has 0 radical (unpaired) electrons. The second-order valence-corrected chi connectivity index (χ2v) is 7.17. The topological polar surface area (TPSA) is 24.5 Å². The van der Waals surface area contributed by atoms with Crippen LogP contribution in [-0.4, -0.2) is 38.2 Å². The minimum atomic E-state index is 0.353. The van der Waals surface area contributed by atoms with Crippen molar-refractivity contribution in [1.82, 2.24) is 10.2 Å². The van der Waals surface area contributed by atoms with Crippen molar-refractivity contribution in [3.63, 3.8) is 0 Å². The maximum absolute atomic E-state index is 5.32. The maximum atomic E-state index is 5.32. The molecule has 2 aromatic rings. The highest BCUT2D eigenvalue weighted by Gasteiger charge is 2.24. The van der Waals surface area contributed by atoms with Gasteiger partial charge < -0.3 is 10.1 Å². The fraction of sp³-hybridized carbons (Fsp3) is 0.474. The van der Waals surface area contributed by atoms with Crippen molar-refractivity contribution < 1.29 is 4.74 Å². The van der Waals surface area contributed by atoms with Gasteiger partial charge in [0.15, 0.2) is 0 Å². The summed E-state index contributed by atoms with van der Waals surface area (Å²) in [5.74, 6) is 0.922. The predicted octanol–water partition coefficient (Wildman–Crippen LogP) is 3.70. The summed E-state index contributed by atoms with van der Waals surface area (Å²) in [6.07, 6.45) is 2.32. The van der Waals surface area contributed by atoms with Crippen LogP contribution in [-0.2, 0) is 6.42 Å². The number of nitrogens with zero attached hydrogens (tertiary/aromatic N) is 1. The molecule has 3 rings (SSSR count). The zero-order valence-corrected chi connectivity index (χ0v) is 14.9. The van der Waals surface area contributed by atoms with Crippen LogP contribution >= 0.6 is 11.3 Å². The third kappa shape index (κ3) is 3.94.